The van der Waals surface area contributed by atoms with Crippen LogP contribution in [-0.2, 0) is 33.3 Å². The number of nitrogens with zero attached hydrogens (tertiary/aromatic N) is 3. The molecule has 0 saturated carbocycles. The highest BCUT2D eigenvalue weighted by molar-refractivity contribution is 8.00. The van der Waals surface area contributed by atoms with Gasteiger partial charge in [-0.3, -0.25) is 28.7 Å². The first-order valence-corrected chi connectivity index (χ1v) is 14.8. The van der Waals surface area contributed by atoms with E-state index in [-0.39, 0.29) is 16.4 Å². The van der Waals surface area contributed by atoms with Gasteiger partial charge in [0.1, 0.15) is 11.8 Å². The summed E-state index contributed by atoms with van der Waals surface area (Å²) in [7, 11) is 0. The number of hydrogen-bond acceptors (Lipinski definition) is 7. The molecule has 4 heterocycles. The minimum atomic E-state index is -4.73. The van der Waals surface area contributed by atoms with E-state index in [1.807, 2.05) is 0 Å². The first kappa shape index (κ1) is 30.6. The van der Waals surface area contributed by atoms with Gasteiger partial charge in [-0.25, -0.2) is 4.90 Å². The molecular weight excluding hydrogens is 646 g/mol. The predicted octanol–water partition coefficient (Wildman–Crippen LogP) is 5.78. The zero-order chi connectivity index (χ0) is 32.3. The van der Waals surface area contributed by atoms with Crippen LogP contribution in [0, 0.1) is 5.92 Å². The Morgan fingerprint density at radius 2 is 1.58 bits per heavy atom. The van der Waals surface area contributed by atoms with Crippen LogP contribution < -0.4 is 15.1 Å². The average Bonchev–Trinajstić information content (AvgIpc) is 3.43. The number of anilines is 2. The molecule has 6 rings (SSSR count). The summed E-state index contributed by atoms with van der Waals surface area (Å²) in [6.07, 6.45) is -6.45. The van der Waals surface area contributed by atoms with E-state index in [4.69, 9.17) is 0 Å². The number of pyridine rings is 1. The van der Waals surface area contributed by atoms with Crippen LogP contribution in [0.25, 0.3) is 0 Å². The van der Waals surface area contributed by atoms with Crippen molar-refractivity contribution in [1.82, 2.24) is 9.55 Å². The molecule has 0 radical (unpaired) electrons. The van der Waals surface area contributed by atoms with Crippen LogP contribution in [0.15, 0.2) is 82.9 Å². The minimum Gasteiger partial charge on any atom is -0.325 e. The fourth-order valence-electron chi connectivity index (χ4n) is 5.37. The number of alkyl halides is 6. The third-order valence-electron chi connectivity index (χ3n) is 7.30. The summed E-state index contributed by atoms with van der Waals surface area (Å²) in [6, 6.07) is 11.0. The third-order valence-corrected chi connectivity index (χ3v) is 9.90. The smallest absolute Gasteiger partial charge is 0.325 e. The van der Waals surface area contributed by atoms with Gasteiger partial charge in [0.15, 0.2) is 0 Å². The molecule has 16 heteroatoms. The van der Waals surface area contributed by atoms with E-state index < -0.39 is 69.7 Å². The number of benzene rings is 2. The number of carbonyl (C=O) groups is 3. The summed E-state index contributed by atoms with van der Waals surface area (Å²) in [5, 5.41) is 1.36. The molecule has 3 atom stereocenters. The van der Waals surface area contributed by atoms with Gasteiger partial charge < -0.3 is 5.32 Å². The highest BCUT2D eigenvalue weighted by Crippen LogP contribution is 2.54. The van der Waals surface area contributed by atoms with Gasteiger partial charge in [0, 0.05) is 28.9 Å². The number of nitrogens with one attached hydrogen (secondary N) is 1. The Kier molecular flexibility index (Phi) is 7.59. The zero-order valence-electron chi connectivity index (χ0n) is 22.4. The molecule has 8 nitrogen and oxygen atoms in total. The van der Waals surface area contributed by atoms with Gasteiger partial charge in [-0.1, -0.05) is 41.3 Å². The van der Waals surface area contributed by atoms with Crippen LogP contribution in [0.4, 0.5) is 37.7 Å². The van der Waals surface area contributed by atoms with E-state index in [0.717, 1.165) is 58.0 Å². The Hall–Kier alpha value is -4.44. The summed E-state index contributed by atoms with van der Waals surface area (Å²) in [5.41, 5.74) is -1.99. The summed E-state index contributed by atoms with van der Waals surface area (Å²) < 4.78 is 80.8. The lowest BCUT2D eigenvalue weighted by molar-refractivity contribution is -0.138. The lowest BCUT2D eigenvalue weighted by Gasteiger charge is -2.30. The summed E-state index contributed by atoms with van der Waals surface area (Å²) in [4.78, 5) is 58.2. The van der Waals surface area contributed by atoms with Crippen molar-refractivity contribution in [3.63, 3.8) is 0 Å². The van der Waals surface area contributed by atoms with E-state index in [1.165, 1.54) is 24.5 Å². The van der Waals surface area contributed by atoms with Gasteiger partial charge in [-0.15, -0.1) is 0 Å². The molecule has 2 aromatic carbocycles. The summed E-state index contributed by atoms with van der Waals surface area (Å²) in [6.45, 7) is -0.620. The number of amides is 3. The Morgan fingerprint density at radius 3 is 2.24 bits per heavy atom. The second-order valence-corrected chi connectivity index (χ2v) is 12.3. The number of hydrogen-bond donors (Lipinski definition) is 1. The SMILES string of the molecule is O=C(Cn1c2c(sc1=O)[C@@H](c1cccnc1)C1C(=O)N(c3cccc(C(F)(F)F)c3)C(=O)C1S2)Nc1cccc(C(F)(F)F)c1. The molecule has 232 valence electrons. The maximum atomic E-state index is 13.8. The van der Waals surface area contributed by atoms with Gasteiger partial charge in [-0.05, 0) is 48.0 Å². The lowest BCUT2D eigenvalue weighted by atomic mass is 9.84. The van der Waals surface area contributed by atoms with Crippen molar-refractivity contribution in [3.8, 4) is 0 Å². The summed E-state index contributed by atoms with van der Waals surface area (Å²) >= 11 is 1.57. The van der Waals surface area contributed by atoms with Gasteiger partial charge >= 0.3 is 17.2 Å². The third kappa shape index (κ3) is 5.63. The van der Waals surface area contributed by atoms with Crippen LogP contribution in [0.5, 0.6) is 0 Å². The highest BCUT2D eigenvalue weighted by atomic mass is 32.2. The van der Waals surface area contributed by atoms with Crippen LogP contribution in [-0.4, -0.2) is 32.5 Å². The molecule has 0 aliphatic carbocycles. The Labute approximate surface area is 257 Å². The molecule has 1 fully saturated rings. The molecule has 3 amide bonds. The van der Waals surface area contributed by atoms with Crippen molar-refractivity contribution < 1.29 is 40.7 Å². The normalized spacial score (nSPS) is 19.8. The molecule has 2 unspecified atom stereocenters. The van der Waals surface area contributed by atoms with E-state index in [0.29, 0.717) is 21.4 Å². The van der Waals surface area contributed by atoms with Crippen LogP contribution in [0.3, 0.4) is 0 Å². The number of carbonyl (C=O) groups excluding carboxylic acids is 3. The predicted molar refractivity (Wildman–Crippen MR) is 152 cm³/mol. The Balaban J connectivity index is 1.37. The Morgan fingerprint density at radius 1 is 0.889 bits per heavy atom. The summed E-state index contributed by atoms with van der Waals surface area (Å²) in [5.74, 6) is -4.40. The van der Waals surface area contributed by atoms with Crippen LogP contribution >= 0.6 is 23.1 Å². The van der Waals surface area contributed by atoms with Crippen molar-refractivity contribution in [2.45, 2.75) is 35.1 Å². The number of imide groups is 1. The Bertz CT molecular complexity index is 1890. The van der Waals surface area contributed by atoms with E-state index in [9.17, 15) is 45.5 Å². The maximum Gasteiger partial charge on any atom is 0.416 e. The van der Waals surface area contributed by atoms with Crippen LogP contribution in [0.1, 0.15) is 27.5 Å². The number of aromatic nitrogens is 2. The molecular formula is C29H18F6N4O4S2. The number of rotatable bonds is 5. The average molecular weight is 665 g/mol. The highest BCUT2D eigenvalue weighted by Gasteiger charge is 2.57. The van der Waals surface area contributed by atoms with Crippen molar-refractivity contribution in [1.29, 1.82) is 0 Å². The van der Waals surface area contributed by atoms with Crippen molar-refractivity contribution in [2.75, 3.05) is 10.2 Å². The standard InChI is InChI=1S/C29H18F6N4O4S2/c30-28(31,32)15-5-1-7-17(10-15)37-19(40)13-38-26-23(45-27(38)43)20(14-4-3-9-36-12-14)21-22(44-26)25(42)39(24(21)41)18-8-2-6-16(11-18)29(33,34)35/h1-12,20-22H,13H2,(H,37,40)/t20-,21?,22?/m0/s1. The molecule has 2 aliphatic rings. The van der Waals surface area contributed by atoms with Gasteiger partial charge in [0.05, 0.1) is 27.8 Å². The van der Waals surface area contributed by atoms with Crippen molar-refractivity contribution >= 4 is 52.2 Å². The number of fused-ring (bicyclic) bond motifs is 2. The molecule has 1 N–H and O–H groups in total. The van der Waals surface area contributed by atoms with E-state index >= 15 is 0 Å². The first-order valence-electron chi connectivity index (χ1n) is 13.1. The van der Waals surface area contributed by atoms with E-state index in [1.54, 1.807) is 12.1 Å². The molecule has 45 heavy (non-hydrogen) atoms. The van der Waals surface area contributed by atoms with E-state index in [2.05, 4.69) is 10.3 Å². The lowest BCUT2D eigenvalue weighted by Crippen LogP contribution is -2.33. The fraction of sp³-hybridized carbons (Fsp3) is 0.207. The van der Waals surface area contributed by atoms with Gasteiger partial charge in [0.2, 0.25) is 17.7 Å². The quantitative estimate of drug-likeness (QED) is 0.215. The minimum absolute atomic E-state index is 0.152. The first-order chi connectivity index (χ1) is 21.2. The molecule has 0 spiro atoms. The number of thioether (sulfide) groups is 1. The topological polar surface area (TPSA) is 101 Å². The molecule has 4 aromatic rings. The van der Waals surface area contributed by atoms with Crippen molar-refractivity contribution in [2.24, 2.45) is 5.92 Å². The molecule has 2 aromatic heterocycles. The largest absolute Gasteiger partial charge is 0.416 e. The zero-order valence-corrected chi connectivity index (χ0v) is 24.1. The van der Waals surface area contributed by atoms with Gasteiger partial charge in [0.25, 0.3) is 0 Å². The maximum absolute atomic E-state index is 13.8. The monoisotopic (exact) mass is 664 g/mol. The molecule has 0 bridgehead atoms. The van der Waals surface area contributed by atoms with Crippen molar-refractivity contribution in [3.05, 3.63) is 104 Å². The van der Waals surface area contributed by atoms with Gasteiger partial charge in [-0.2, -0.15) is 26.3 Å². The van der Waals surface area contributed by atoms with Crippen LogP contribution in [0.2, 0.25) is 0 Å². The number of thiazole rings is 1. The second kappa shape index (κ2) is 11.2. The fourth-order valence-corrected chi connectivity index (χ4v) is 8.14. The number of halogens is 6. The second-order valence-electron chi connectivity index (χ2n) is 10.1. The molecule has 2 aliphatic heterocycles. The molecule has 1 saturated heterocycles.